The molecule has 3 aliphatic rings. The van der Waals surface area contributed by atoms with E-state index in [4.69, 9.17) is 14.5 Å². The molecule has 1 aromatic carbocycles. The van der Waals surface area contributed by atoms with Gasteiger partial charge in [-0.3, -0.25) is 0 Å². The number of hydrogen-bond acceptors (Lipinski definition) is 7. The van der Waals surface area contributed by atoms with Gasteiger partial charge < -0.3 is 19.7 Å². The number of methoxy groups -OCH3 is 1. The molecule has 32 heavy (non-hydrogen) atoms. The van der Waals surface area contributed by atoms with E-state index in [1.54, 1.807) is 13.3 Å². The SMILES string of the molecule is COc1cc(-c2ccc3c(c2)COc2nc(N4CCC(NC5CCC5)C4)ccc2-3)cnn1. The fraction of sp³-hybridized carbons (Fsp3) is 0.400. The molecule has 1 N–H and O–H groups in total. The third-order valence-electron chi connectivity index (χ3n) is 6.87. The minimum absolute atomic E-state index is 0.505. The van der Waals surface area contributed by atoms with Gasteiger partial charge in [0.15, 0.2) is 0 Å². The van der Waals surface area contributed by atoms with Gasteiger partial charge in [-0.2, -0.15) is 10.1 Å². The van der Waals surface area contributed by atoms with E-state index >= 15 is 0 Å². The molecule has 4 heterocycles. The highest BCUT2D eigenvalue weighted by atomic mass is 16.5. The van der Waals surface area contributed by atoms with E-state index in [-0.39, 0.29) is 0 Å². The Balaban J connectivity index is 1.23. The van der Waals surface area contributed by atoms with Crippen LogP contribution in [0.1, 0.15) is 31.2 Å². The number of pyridine rings is 1. The average molecular weight is 430 g/mol. The molecular weight excluding hydrogens is 402 g/mol. The van der Waals surface area contributed by atoms with E-state index in [9.17, 15) is 0 Å². The van der Waals surface area contributed by atoms with Gasteiger partial charge in [0.25, 0.3) is 0 Å². The van der Waals surface area contributed by atoms with Crippen LogP contribution in [0.25, 0.3) is 22.3 Å². The first-order valence-electron chi connectivity index (χ1n) is 11.4. The Labute approximate surface area is 187 Å². The lowest BCUT2D eigenvalue weighted by Crippen LogP contribution is -2.43. The second-order valence-electron chi connectivity index (χ2n) is 8.90. The van der Waals surface area contributed by atoms with Gasteiger partial charge in [0.05, 0.1) is 13.3 Å². The fourth-order valence-corrected chi connectivity index (χ4v) is 4.84. The number of hydrogen-bond donors (Lipinski definition) is 1. The topological polar surface area (TPSA) is 72.4 Å². The largest absolute Gasteiger partial charge is 0.480 e. The van der Waals surface area contributed by atoms with E-state index in [2.05, 4.69) is 50.7 Å². The molecule has 2 fully saturated rings. The quantitative estimate of drug-likeness (QED) is 0.661. The third-order valence-corrected chi connectivity index (χ3v) is 6.87. The molecule has 2 aliphatic heterocycles. The van der Waals surface area contributed by atoms with E-state index in [0.29, 0.717) is 18.5 Å². The second-order valence-corrected chi connectivity index (χ2v) is 8.90. The zero-order valence-corrected chi connectivity index (χ0v) is 18.3. The van der Waals surface area contributed by atoms with Crippen LogP contribution in [0.4, 0.5) is 5.82 Å². The first-order valence-corrected chi connectivity index (χ1v) is 11.4. The van der Waals surface area contributed by atoms with Crippen LogP contribution in [0.3, 0.4) is 0 Å². The molecule has 7 heteroatoms. The minimum atomic E-state index is 0.505. The average Bonchev–Trinajstić information content (AvgIpc) is 3.29. The number of anilines is 1. The summed E-state index contributed by atoms with van der Waals surface area (Å²) in [4.78, 5) is 7.26. The number of aromatic nitrogens is 3. The maximum absolute atomic E-state index is 6.10. The molecule has 164 valence electrons. The summed E-state index contributed by atoms with van der Waals surface area (Å²) in [6, 6.07) is 13.9. The Morgan fingerprint density at radius 2 is 1.94 bits per heavy atom. The standard InChI is InChI=1S/C25H27N5O2/c1-31-24-12-17(13-26-29-24)16-5-6-21-18(11-16)15-32-25-22(21)7-8-23(28-25)30-10-9-20(14-30)27-19-3-2-4-19/h5-8,11-13,19-20,27H,2-4,9-10,14-15H2,1H3. The summed E-state index contributed by atoms with van der Waals surface area (Å²) in [5.41, 5.74) is 5.41. The van der Waals surface area contributed by atoms with Crippen molar-refractivity contribution in [2.24, 2.45) is 0 Å². The Kier molecular flexibility index (Phi) is 4.91. The van der Waals surface area contributed by atoms with Gasteiger partial charge in [0.2, 0.25) is 11.8 Å². The fourth-order valence-electron chi connectivity index (χ4n) is 4.84. The predicted octanol–water partition coefficient (Wildman–Crippen LogP) is 3.83. The summed E-state index contributed by atoms with van der Waals surface area (Å²) in [7, 11) is 1.60. The van der Waals surface area contributed by atoms with Crippen molar-refractivity contribution in [2.75, 3.05) is 25.1 Å². The number of ether oxygens (including phenoxy) is 2. The zero-order valence-electron chi connectivity index (χ0n) is 18.3. The Morgan fingerprint density at radius 3 is 2.78 bits per heavy atom. The molecule has 1 aliphatic carbocycles. The third kappa shape index (κ3) is 3.56. The predicted molar refractivity (Wildman–Crippen MR) is 123 cm³/mol. The van der Waals surface area contributed by atoms with Crippen LogP contribution in [-0.4, -0.2) is 47.5 Å². The van der Waals surface area contributed by atoms with Crippen molar-refractivity contribution in [3.8, 4) is 34.0 Å². The summed E-state index contributed by atoms with van der Waals surface area (Å²) in [6.45, 7) is 2.57. The number of fused-ring (bicyclic) bond motifs is 3. The van der Waals surface area contributed by atoms with Crippen LogP contribution in [0, 0.1) is 0 Å². The highest BCUT2D eigenvalue weighted by Gasteiger charge is 2.29. The van der Waals surface area contributed by atoms with E-state index in [1.807, 2.05) is 6.07 Å². The molecule has 2 aromatic heterocycles. The smallest absolute Gasteiger partial charge is 0.233 e. The molecule has 0 radical (unpaired) electrons. The zero-order chi connectivity index (χ0) is 21.5. The Bertz CT molecular complexity index is 1150. The van der Waals surface area contributed by atoms with Crippen molar-refractivity contribution >= 4 is 5.82 Å². The molecule has 1 saturated carbocycles. The lowest BCUT2D eigenvalue weighted by molar-refractivity contribution is 0.290. The maximum Gasteiger partial charge on any atom is 0.233 e. The van der Waals surface area contributed by atoms with Crippen LogP contribution < -0.4 is 19.7 Å². The first-order chi connectivity index (χ1) is 15.8. The molecule has 1 atom stereocenters. The molecule has 7 nitrogen and oxygen atoms in total. The van der Waals surface area contributed by atoms with Crippen LogP contribution >= 0.6 is 0 Å². The molecule has 3 aromatic rings. The Hall–Kier alpha value is -3.19. The number of nitrogens with zero attached hydrogens (tertiary/aromatic N) is 4. The van der Waals surface area contributed by atoms with Gasteiger partial charge in [-0.25, -0.2) is 0 Å². The normalized spacial score (nSPS) is 19.7. The van der Waals surface area contributed by atoms with Gasteiger partial charge in [-0.05, 0) is 54.2 Å². The summed E-state index contributed by atoms with van der Waals surface area (Å²) in [5.74, 6) is 2.24. The highest BCUT2D eigenvalue weighted by Crippen LogP contribution is 2.39. The Morgan fingerprint density at radius 1 is 1.03 bits per heavy atom. The van der Waals surface area contributed by atoms with E-state index in [1.165, 1.54) is 31.2 Å². The monoisotopic (exact) mass is 429 g/mol. The van der Waals surface area contributed by atoms with Crippen molar-refractivity contribution in [3.63, 3.8) is 0 Å². The molecule has 0 spiro atoms. The van der Waals surface area contributed by atoms with Gasteiger partial charge in [0.1, 0.15) is 12.4 Å². The molecule has 1 saturated heterocycles. The van der Waals surface area contributed by atoms with Crippen LogP contribution in [0.15, 0.2) is 42.6 Å². The summed E-state index contributed by atoms with van der Waals surface area (Å²) < 4.78 is 11.3. The first kappa shape index (κ1) is 19.5. The van der Waals surface area contributed by atoms with Gasteiger partial charge in [-0.15, -0.1) is 5.10 Å². The second kappa shape index (κ2) is 8.06. The molecular formula is C25H27N5O2. The van der Waals surface area contributed by atoms with Gasteiger partial charge in [-0.1, -0.05) is 18.6 Å². The van der Waals surface area contributed by atoms with E-state index < -0.39 is 0 Å². The van der Waals surface area contributed by atoms with Crippen molar-refractivity contribution in [2.45, 2.75) is 44.4 Å². The molecule has 6 rings (SSSR count). The van der Waals surface area contributed by atoms with Crippen LogP contribution in [0.2, 0.25) is 0 Å². The van der Waals surface area contributed by atoms with Crippen LogP contribution in [-0.2, 0) is 6.61 Å². The van der Waals surface area contributed by atoms with Crippen LogP contribution in [0.5, 0.6) is 11.8 Å². The van der Waals surface area contributed by atoms with E-state index in [0.717, 1.165) is 53.1 Å². The van der Waals surface area contributed by atoms with Crippen molar-refractivity contribution in [3.05, 3.63) is 48.2 Å². The lowest BCUT2D eigenvalue weighted by Gasteiger charge is -2.30. The molecule has 1 unspecified atom stereocenters. The minimum Gasteiger partial charge on any atom is -0.480 e. The highest BCUT2D eigenvalue weighted by molar-refractivity contribution is 5.78. The summed E-state index contributed by atoms with van der Waals surface area (Å²) >= 11 is 0. The van der Waals surface area contributed by atoms with Crippen molar-refractivity contribution in [1.82, 2.24) is 20.5 Å². The number of benzene rings is 1. The number of rotatable bonds is 5. The lowest BCUT2D eigenvalue weighted by atomic mass is 9.92. The summed E-state index contributed by atoms with van der Waals surface area (Å²) in [6.07, 6.45) is 6.95. The molecule has 0 amide bonds. The van der Waals surface area contributed by atoms with Gasteiger partial charge >= 0.3 is 0 Å². The van der Waals surface area contributed by atoms with Crippen molar-refractivity contribution < 1.29 is 9.47 Å². The maximum atomic E-state index is 6.10. The van der Waals surface area contributed by atoms with Gasteiger partial charge in [0, 0.05) is 42.4 Å². The van der Waals surface area contributed by atoms with Crippen molar-refractivity contribution in [1.29, 1.82) is 0 Å². The molecule has 0 bridgehead atoms. The summed E-state index contributed by atoms with van der Waals surface area (Å²) in [5, 5.41) is 11.8. The number of nitrogens with one attached hydrogen (secondary N) is 1.